The van der Waals surface area contributed by atoms with Gasteiger partial charge in [-0.1, -0.05) is 0 Å². The minimum atomic E-state index is -0.983. The zero-order valence-corrected chi connectivity index (χ0v) is 12.2. The number of ether oxygens (including phenoxy) is 1. The molecule has 0 spiro atoms. The second kappa shape index (κ2) is 5.10. The average Bonchev–Trinajstić information content (AvgIpc) is 2.64. The van der Waals surface area contributed by atoms with Crippen LogP contribution in [0.15, 0.2) is 16.8 Å². The largest absolute Gasteiger partial charge is 0.444 e. The summed E-state index contributed by atoms with van der Waals surface area (Å²) in [6, 6.07) is 1.74. The van der Waals surface area contributed by atoms with E-state index in [1.54, 1.807) is 46.1 Å². The second-order valence-electron chi connectivity index (χ2n) is 5.59. The molecule has 0 aliphatic rings. The predicted octanol–water partition coefficient (Wildman–Crippen LogP) is 3.23. The van der Waals surface area contributed by atoms with Crippen molar-refractivity contribution >= 4 is 23.2 Å². The van der Waals surface area contributed by atoms with Gasteiger partial charge in [0.2, 0.25) is 0 Å². The molecule has 1 rings (SSSR count). The number of nitrogens with one attached hydrogen (secondary N) is 1. The first-order valence-electron chi connectivity index (χ1n) is 5.70. The molecule has 100 valence electrons. The van der Waals surface area contributed by atoms with Gasteiger partial charge in [0.25, 0.3) is 0 Å². The van der Waals surface area contributed by atoms with Crippen LogP contribution in [0.5, 0.6) is 0 Å². The Balaban J connectivity index is 2.70. The molecule has 0 radical (unpaired) electrons. The van der Waals surface area contributed by atoms with Crippen molar-refractivity contribution in [1.29, 1.82) is 0 Å². The molecule has 1 N–H and O–H groups in total. The average molecular weight is 269 g/mol. The number of alkyl carbamates (subject to hydrolysis) is 1. The highest BCUT2D eigenvalue weighted by molar-refractivity contribution is 7.08. The molecule has 0 aromatic carbocycles. The van der Waals surface area contributed by atoms with Crippen LogP contribution in [-0.2, 0) is 4.74 Å². The maximum atomic E-state index is 12.2. The van der Waals surface area contributed by atoms with Crippen molar-refractivity contribution in [2.24, 2.45) is 0 Å². The minimum absolute atomic E-state index is 0.130. The van der Waals surface area contributed by atoms with Crippen LogP contribution in [0.1, 0.15) is 45.0 Å². The lowest BCUT2D eigenvalue weighted by atomic mass is 9.95. The van der Waals surface area contributed by atoms with Crippen molar-refractivity contribution in [2.45, 2.75) is 45.8 Å². The summed E-state index contributed by atoms with van der Waals surface area (Å²) in [6.45, 7) is 8.66. The van der Waals surface area contributed by atoms with Crippen molar-refractivity contribution in [3.63, 3.8) is 0 Å². The first kappa shape index (κ1) is 14.7. The quantitative estimate of drug-likeness (QED) is 0.857. The molecule has 1 aromatic rings. The van der Waals surface area contributed by atoms with Crippen LogP contribution in [0.2, 0.25) is 0 Å². The van der Waals surface area contributed by atoms with Crippen LogP contribution in [0.25, 0.3) is 0 Å². The summed E-state index contributed by atoms with van der Waals surface area (Å²) in [5.74, 6) is -0.130. The molecule has 1 amide bonds. The Bertz CT molecular complexity index is 430. The fraction of sp³-hybridized carbons (Fsp3) is 0.538. The standard InChI is InChI=1S/C13H19NO3S/c1-12(2,3)17-11(16)14-13(4,5)10(15)9-6-7-18-8-9/h6-8H,1-5H3,(H,14,16). The fourth-order valence-electron chi connectivity index (χ4n) is 1.37. The van der Waals surface area contributed by atoms with Crippen molar-refractivity contribution in [2.75, 3.05) is 0 Å². The molecule has 1 heterocycles. The lowest BCUT2D eigenvalue weighted by Crippen LogP contribution is -2.51. The van der Waals surface area contributed by atoms with Crippen molar-refractivity contribution < 1.29 is 14.3 Å². The zero-order valence-electron chi connectivity index (χ0n) is 11.4. The third-order valence-corrected chi connectivity index (χ3v) is 2.85. The summed E-state index contributed by atoms with van der Waals surface area (Å²) < 4.78 is 5.14. The van der Waals surface area contributed by atoms with E-state index >= 15 is 0 Å². The van der Waals surface area contributed by atoms with E-state index < -0.39 is 17.2 Å². The van der Waals surface area contributed by atoms with E-state index in [1.807, 2.05) is 5.38 Å². The van der Waals surface area contributed by atoms with Crippen LogP contribution in [-0.4, -0.2) is 23.0 Å². The molecule has 1 aromatic heterocycles. The van der Waals surface area contributed by atoms with E-state index in [-0.39, 0.29) is 5.78 Å². The van der Waals surface area contributed by atoms with E-state index in [0.29, 0.717) is 5.56 Å². The van der Waals surface area contributed by atoms with E-state index in [1.165, 1.54) is 11.3 Å². The maximum Gasteiger partial charge on any atom is 0.408 e. The highest BCUT2D eigenvalue weighted by atomic mass is 32.1. The van der Waals surface area contributed by atoms with E-state index in [2.05, 4.69) is 5.32 Å². The SMILES string of the molecule is CC(C)(C)OC(=O)NC(C)(C)C(=O)c1ccsc1. The highest BCUT2D eigenvalue weighted by Gasteiger charge is 2.32. The molecule has 0 saturated heterocycles. The Hall–Kier alpha value is -1.36. The summed E-state index contributed by atoms with van der Waals surface area (Å²) in [6.07, 6.45) is -0.587. The molecule has 0 aliphatic heterocycles. The number of hydrogen-bond acceptors (Lipinski definition) is 4. The highest BCUT2D eigenvalue weighted by Crippen LogP contribution is 2.16. The van der Waals surface area contributed by atoms with Crippen LogP contribution >= 0.6 is 11.3 Å². The number of Topliss-reactive ketones (excluding diaryl/α,β-unsaturated/α-hetero) is 1. The first-order valence-corrected chi connectivity index (χ1v) is 6.64. The van der Waals surface area contributed by atoms with E-state index in [4.69, 9.17) is 4.74 Å². The molecule has 18 heavy (non-hydrogen) atoms. The number of hydrogen-bond donors (Lipinski definition) is 1. The molecule has 5 heteroatoms. The molecule has 0 atom stereocenters. The topological polar surface area (TPSA) is 55.4 Å². The number of ketones is 1. The number of carbonyl (C=O) groups excluding carboxylic acids is 2. The molecular weight excluding hydrogens is 250 g/mol. The van der Waals surface area contributed by atoms with Crippen LogP contribution in [0, 0.1) is 0 Å². The minimum Gasteiger partial charge on any atom is -0.444 e. The third-order valence-electron chi connectivity index (χ3n) is 2.16. The van der Waals surface area contributed by atoms with Crippen molar-refractivity contribution in [1.82, 2.24) is 5.32 Å². The van der Waals surface area contributed by atoms with Gasteiger partial charge in [-0.15, -0.1) is 0 Å². The molecule has 0 bridgehead atoms. The third kappa shape index (κ3) is 4.14. The monoisotopic (exact) mass is 269 g/mol. The zero-order chi connectivity index (χ0) is 14.0. The Labute approximate surface area is 111 Å². The normalized spacial score (nSPS) is 12.1. The number of thiophene rings is 1. The summed E-state index contributed by atoms with van der Waals surface area (Å²) >= 11 is 1.45. The molecule has 0 saturated carbocycles. The molecule has 0 unspecified atom stereocenters. The fourth-order valence-corrected chi connectivity index (χ4v) is 2.01. The number of carbonyl (C=O) groups is 2. The molecule has 4 nitrogen and oxygen atoms in total. The maximum absolute atomic E-state index is 12.2. The van der Waals surface area contributed by atoms with Gasteiger partial charge in [0.1, 0.15) is 11.1 Å². The van der Waals surface area contributed by atoms with Gasteiger partial charge < -0.3 is 10.1 Å². The molecular formula is C13H19NO3S. The summed E-state index contributed by atoms with van der Waals surface area (Å²) in [5, 5.41) is 6.19. The lowest BCUT2D eigenvalue weighted by Gasteiger charge is -2.27. The Morgan fingerprint density at radius 2 is 1.83 bits per heavy atom. The summed E-state index contributed by atoms with van der Waals surface area (Å²) in [5.41, 5.74) is -0.962. The second-order valence-corrected chi connectivity index (χ2v) is 6.37. The van der Waals surface area contributed by atoms with Gasteiger partial charge in [-0.2, -0.15) is 11.3 Å². The van der Waals surface area contributed by atoms with Gasteiger partial charge in [-0.3, -0.25) is 4.79 Å². The van der Waals surface area contributed by atoms with Crippen LogP contribution in [0.4, 0.5) is 4.79 Å². The molecule has 0 fully saturated rings. The molecule has 0 aliphatic carbocycles. The first-order chi connectivity index (χ1) is 8.12. The smallest absolute Gasteiger partial charge is 0.408 e. The lowest BCUT2D eigenvalue weighted by molar-refractivity contribution is 0.0454. The van der Waals surface area contributed by atoms with E-state index in [0.717, 1.165) is 0 Å². The Morgan fingerprint density at radius 1 is 1.22 bits per heavy atom. The van der Waals surface area contributed by atoms with E-state index in [9.17, 15) is 9.59 Å². The van der Waals surface area contributed by atoms with Gasteiger partial charge >= 0.3 is 6.09 Å². The number of rotatable bonds is 3. The summed E-state index contributed by atoms with van der Waals surface area (Å²) in [4.78, 5) is 23.8. The van der Waals surface area contributed by atoms with Gasteiger partial charge in [-0.05, 0) is 46.1 Å². The predicted molar refractivity (Wildman–Crippen MR) is 72.1 cm³/mol. The summed E-state index contributed by atoms with van der Waals surface area (Å²) in [7, 11) is 0. The van der Waals surface area contributed by atoms with Gasteiger partial charge in [0.05, 0.1) is 0 Å². The Kier molecular flexibility index (Phi) is 4.16. The van der Waals surface area contributed by atoms with Gasteiger partial charge in [0, 0.05) is 10.9 Å². The van der Waals surface area contributed by atoms with Crippen molar-refractivity contribution in [3.8, 4) is 0 Å². The van der Waals surface area contributed by atoms with Crippen molar-refractivity contribution in [3.05, 3.63) is 22.4 Å². The van der Waals surface area contributed by atoms with Gasteiger partial charge in [-0.25, -0.2) is 4.79 Å². The number of amides is 1. The van der Waals surface area contributed by atoms with Crippen LogP contribution in [0.3, 0.4) is 0 Å². The van der Waals surface area contributed by atoms with Crippen LogP contribution < -0.4 is 5.32 Å². The Morgan fingerprint density at radius 3 is 2.28 bits per heavy atom. The van der Waals surface area contributed by atoms with Gasteiger partial charge in [0.15, 0.2) is 5.78 Å².